The van der Waals surface area contributed by atoms with Crippen LogP contribution in [0.15, 0.2) is 29.2 Å². The highest BCUT2D eigenvalue weighted by Gasteiger charge is 2.23. The second-order valence-electron chi connectivity index (χ2n) is 8.39. The van der Waals surface area contributed by atoms with Crippen LogP contribution in [-0.2, 0) is 25.4 Å². The van der Waals surface area contributed by atoms with Crippen molar-refractivity contribution in [1.29, 1.82) is 0 Å². The van der Waals surface area contributed by atoms with Crippen molar-refractivity contribution in [2.24, 2.45) is 7.05 Å². The molecule has 146 valence electrons. The molecule has 0 aliphatic carbocycles. The smallest absolute Gasteiger partial charge is 0.250 e. The molecule has 1 aliphatic heterocycles. The molecule has 0 unspecified atom stereocenters. The summed E-state index contributed by atoms with van der Waals surface area (Å²) in [6.45, 7) is 13.2. The first-order valence-electron chi connectivity index (χ1n) is 9.77. The zero-order valence-electron chi connectivity index (χ0n) is 17.2. The van der Waals surface area contributed by atoms with Crippen LogP contribution in [0.2, 0.25) is 0 Å². The van der Waals surface area contributed by atoms with Gasteiger partial charge < -0.3 is 9.47 Å². The summed E-state index contributed by atoms with van der Waals surface area (Å²) in [6.07, 6.45) is 2.76. The number of aryl methyl sites for hydroxylation is 2. The van der Waals surface area contributed by atoms with E-state index in [4.69, 9.17) is 9.97 Å². The van der Waals surface area contributed by atoms with E-state index in [1.165, 1.54) is 0 Å². The van der Waals surface area contributed by atoms with E-state index in [-0.39, 0.29) is 11.0 Å². The predicted octanol–water partition coefficient (Wildman–Crippen LogP) is 2.36. The fourth-order valence-corrected chi connectivity index (χ4v) is 3.24. The molecule has 0 spiro atoms. The third kappa shape index (κ3) is 4.75. The van der Waals surface area contributed by atoms with Crippen LogP contribution in [0.3, 0.4) is 0 Å². The highest BCUT2D eigenvalue weighted by atomic mass is 16.1. The van der Waals surface area contributed by atoms with E-state index in [0.717, 1.165) is 62.0 Å². The van der Waals surface area contributed by atoms with E-state index in [0.29, 0.717) is 0 Å². The zero-order valence-corrected chi connectivity index (χ0v) is 17.2. The standard InChI is InChI=1S/C21H31N5O/c1-6-17-14-18(23-20(22-17)21(2,3)4)26-11-9-25(10-12-26)15-16-7-8-24(5)19(27)13-16/h7-8,13-14H,6,9-12,15H2,1-5H3. The lowest BCUT2D eigenvalue weighted by atomic mass is 9.95. The first-order valence-corrected chi connectivity index (χ1v) is 9.77. The quantitative estimate of drug-likeness (QED) is 0.828. The van der Waals surface area contributed by atoms with Crippen molar-refractivity contribution in [3.05, 3.63) is 51.8 Å². The maximum atomic E-state index is 11.8. The van der Waals surface area contributed by atoms with Crippen LogP contribution in [0.4, 0.5) is 5.82 Å². The zero-order chi connectivity index (χ0) is 19.6. The normalized spacial score (nSPS) is 16.0. The van der Waals surface area contributed by atoms with E-state index in [9.17, 15) is 4.79 Å². The summed E-state index contributed by atoms with van der Waals surface area (Å²) in [7, 11) is 1.78. The molecule has 0 bridgehead atoms. The maximum Gasteiger partial charge on any atom is 0.250 e. The van der Waals surface area contributed by atoms with Gasteiger partial charge in [0.15, 0.2) is 0 Å². The molecule has 0 amide bonds. The molecule has 0 aromatic carbocycles. The molecular weight excluding hydrogens is 338 g/mol. The molecule has 0 atom stereocenters. The Morgan fingerprint density at radius 2 is 1.78 bits per heavy atom. The van der Waals surface area contributed by atoms with Gasteiger partial charge in [-0.1, -0.05) is 27.7 Å². The molecule has 6 nitrogen and oxygen atoms in total. The average molecular weight is 370 g/mol. The largest absolute Gasteiger partial charge is 0.354 e. The van der Waals surface area contributed by atoms with Crippen LogP contribution >= 0.6 is 0 Å². The van der Waals surface area contributed by atoms with Crippen molar-refractivity contribution in [1.82, 2.24) is 19.4 Å². The Bertz CT molecular complexity index is 844. The Labute approximate surface area is 161 Å². The average Bonchev–Trinajstić information content (AvgIpc) is 2.64. The van der Waals surface area contributed by atoms with E-state index < -0.39 is 0 Å². The number of pyridine rings is 1. The number of piperazine rings is 1. The summed E-state index contributed by atoms with van der Waals surface area (Å²) in [5.41, 5.74) is 2.18. The van der Waals surface area contributed by atoms with E-state index in [1.54, 1.807) is 17.7 Å². The van der Waals surface area contributed by atoms with E-state index >= 15 is 0 Å². The van der Waals surface area contributed by atoms with Gasteiger partial charge in [-0.05, 0) is 18.1 Å². The second kappa shape index (κ2) is 7.80. The number of anilines is 1. The van der Waals surface area contributed by atoms with Crippen molar-refractivity contribution in [2.45, 2.75) is 46.1 Å². The highest BCUT2D eigenvalue weighted by molar-refractivity contribution is 5.41. The molecule has 3 rings (SSSR count). The van der Waals surface area contributed by atoms with Crippen LogP contribution < -0.4 is 10.5 Å². The summed E-state index contributed by atoms with van der Waals surface area (Å²) in [5, 5.41) is 0. The molecule has 2 aromatic heterocycles. The summed E-state index contributed by atoms with van der Waals surface area (Å²) in [6, 6.07) is 5.90. The van der Waals surface area contributed by atoms with Gasteiger partial charge in [0.2, 0.25) is 0 Å². The van der Waals surface area contributed by atoms with Gasteiger partial charge in [-0.15, -0.1) is 0 Å². The molecule has 0 N–H and O–H groups in total. The van der Waals surface area contributed by atoms with Crippen LogP contribution in [-0.4, -0.2) is 45.6 Å². The molecule has 0 saturated carbocycles. The Morgan fingerprint density at radius 3 is 2.37 bits per heavy atom. The molecular formula is C21H31N5O. The van der Waals surface area contributed by atoms with Gasteiger partial charge in [-0.3, -0.25) is 9.69 Å². The number of hydrogen-bond donors (Lipinski definition) is 0. The van der Waals surface area contributed by atoms with Gasteiger partial charge >= 0.3 is 0 Å². The third-order valence-corrected chi connectivity index (χ3v) is 5.07. The van der Waals surface area contributed by atoms with Gasteiger partial charge in [0.25, 0.3) is 5.56 Å². The lowest BCUT2D eigenvalue weighted by molar-refractivity contribution is 0.249. The van der Waals surface area contributed by atoms with Gasteiger partial charge in [0.05, 0.1) is 0 Å². The Hall–Kier alpha value is -2.21. The molecule has 27 heavy (non-hydrogen) atoms. The van der Waals surface area contributed by atoms with Gasteiger partial charge in [0.1, 0.15) is 11.6 Å². The first-order chi connectivity index (χ1) is 12.8. The molecule has 2 aromatic rings. The van der Waals surface area contributed by atoms with Crippen LogP contribution in [0.5, 0.6) is 0 Å². The van der Waals surface area contributed by atoms with Gasteiger partial charge in [-0.25, -0.2) is 9.97 Å². The molecule has 6 heteroatoms. The summed E-state index contributed by atoms with van der Waals surface area (Å²) < 4.78 is 1.61. The van der Waals surface area contributed by atoms with Crippen molar-refractivity contribution in [2.75, 3.05) is 31.1 Å². The van der Waals surface area contributed by atoms with Crippen molar-refractivity contribution < 1.29 is 0 Å². The van der Waals surface area contributed by atoms with E-state index in [1.807, 2.05) is 12.3 Å². The van der Waals surface area contributed by atoms with Crippen molar-refractivity contribution in [3.8, 4) is 0 Å². The number of rotatable bonds is 4. The minimum absolute atomic E-state index is 0.0499. The molecule has 1 saturated heterocycles. The summed E-state index contributed by atoms with van der Waals surface area (Å²) >= 11 is 0. The molecule has 3 heterocycles. The minimum atomic E-state index is -0.0543. The molecule has 1 fully saturated rings. The second-order valence-corrected chi connectivity index (χ2v) is 8.39. The lowest BCUT2D eigenvalue weighted by Crippen LogP contribution is -2.46. The van der Waals surface area contributed by atoms with E-state index in [2.05, 4.69) is 43.6 Å². The Kier molecular flexibility index (Phi) is 5.65. The number of hydrogen-bond acceptors (Lipinski definition) is 5. The Balaban J connectivity index is 1.68. The fraction of sp³-hybridized carbons (Fsp3) is 0.571. The Morgan fingerprint density at radius 1 is 1.07 bits per heavy atom. The summed E-state index contributed by atoms with van der Waals surface area (Å²) in [4.78, 5) is 26.2. The molecule has 1 aliphatic rings. The van der Waals surface area contributed by atoms with Crippen LogP contribution in [0.25, 0.3) is 0 Å². The maximum absolute atomic E-state index is 11.8. The monoisotopic (exact) mass is 369 g/mol. The number of nitrogens with zero attached hydrogens (tertiary/aromatic N) is 5. The van der Waals surface area contributed by atoms with Crippen LogP contribution in [0, 0.1) is 0 Å². The van der Waals surface area contributed by atoms with Gasteiger partial charge in [0, 0.05) is 69.2 Å². The predicted molar refractivity (Wildman–Crippen MR) is 109 cm³/mol. The van der Waals surface area contributed by atoms with Gasteiger partial charge in [-0.2, -0.15) is 0 Å². The van der Waals surface area contributed by atoms with Crippen molar-refractivity contribution in [3.63, 3.8) is 0 Å². The summed E-state index contributed by atoms with van der Waals surface area (Å²) in [5.74, 6) is 1.96. The van der Waals surface area contributed by atoms with Crippen molar-refractivity contribution >= 4 is 5.82 Å². The lowest BCUT2D eigenvalue weighted by Gasteiger charge is -2.36. The SMILES string of the molecule is CCc1cc(N2CCN(Cc3ccn(C)c(=O)c3)CC2)nc(C(C)(C)C)n1. The highest BCUT2D eigenvalue weighted by Crippen LogP contribution is 2.23. The fourth-order valence-electron chi connectivity index (χ4n) is 3.24. The topological polar surface area (TPSA) is 54.3 Å². The number of aromatic nitrogens is 3. The minimum Gasteiger partial charge on any atom is -0.354 e. The third-order valence-electron chi connectivity index (χ3n) is 5.07. The van der Waals surface area contributed by atoms with Crippen LogP contribution in [0.1, 0.15) is 44.8 Å². The molecule has 0 radical (unpaired) electrons. The first kappa shape index (κ1) is 19.5.